The Morgan fingerprint density at radius 1 is 1.37 bits per heavy atom. The number of thioether (sulfide) groups is 1. The number of anilines is 1. The molecule has 0 bridgehead atoms. The van der Waals surface area contributed by atoms with Crippen LogP contribution in [-0.4, -0.2) is 58.0 Å². The SMILES string of the molecule is CN(CCC#N)C(=O)CSc1nnc(N2CCCC2)n1-c1cccc(Cl)c1. The van der Waals surface area contributed by atoms with E-state index in [9.17, 15) is 4.79 Å². The Morgan fingerprint density at radius 3 is 2.85 bits per heavy atom. The number of carbonyl (C=O) groups excluding carboxylic acids is 1. The van der Waals surface area contributed by atoms with E-state index in [0.29, 0.717) is 23.1 Å². The Labute approximate surface area is 167 Å². The molecule has 7 nitrogen and oxygen atoms in total. The van der Waals surface area contributed by atoms with Crippen LogP contribution >= 0.6 is 23.4 Å². The van der Waals surface area contributed by atoms with Gasteiger partial charge >= 0.3 is 0 Å². The minimum absolute atomic E-state index is 0.0429. The van der Waals surface area contributed by atoms with Gasteiger partial charge in [0.15, 0.2) is 5.16 Å². The molecule has 0 atom stereocenters. The normalized spacial score (nSPS) is 13.6. The van der Waals surface area contributed by atoms with Gasteiger partial charge in [-0.3, -0.25) is 9.36 Å². The molecule has 1 fully saturated rings. The van der Waals surface area contributed by atoms with E-state index in [1.165, 1.54) is 11.8 Å². The van der Waals surface area contributed by atoms with Crippen molar-refractivity contribution < 1.29 is 4.79 Å². The fourth-order valence-electron chi connectivity index (χ4n) is 2.90. The molecular formula is C18H21ClN6OS. The number of rotatable bonds is 7. The number of carbonyl (C=O) groups is 1. The van der Waals surface area contributed by atoms with Crippen LogP contribution in [0.4, 0.5) is 5.95 Å². The van der Waals surface area contributed by atoms with E-state index in [0.717, 1.165) is 37.6 Å². The molecule has 1 saturated heterocycles. The molecule has 27 heavy (non-hydrogen) atoms. The minimum atomic E-state index is -0.0429. The lowest BCUT2D eigenvalue weighted by Gasteiger charge is -2.19. The Bertz CT molecular complexity index is 843. The first kappa shape index (κ1) is 19.5. The third-order valence-electron chi connectivity index (χ3n) is 4.38. The second-order valence-corrected chi connectivity index (χ2v) is 7.68. The summed E-state index contributed by atoms with van der Waals surface area (Å²) in [5.41, 5.74) is 0.877. The lowest BCUT2D eigenvalue weighted by atomic mass is 10.3. The first-order valence-electron chi connectivity index (χ1n) is 8.80. The Morgan fingerprint density at radius 2 is 2.15 bits per heavy atom. The summed E-state index contributed by atoms with van der Waals surface area (Å²) in [7, 11) is 1.71. The molecule has 0 N–H and O–H groups in total. The average Bonchev–Trinajstić information content (AvgIpc) is 3.33. The van der Waals surface area contributed by atoms with Crippen LogP contribution in [0.3, 0.4) is 0 Å². The third kappa shape index (κ3) is 4.73. The monoisotopic (exact) mass is 404 g/mol. The van der Waals surface area contributed by atoms with Gasteiger partial charge < -0.3 is 9.80 Å². The molecular weight excluding hydrogens is 384 g/mol. The third-order valence-corrected chi connectivity index (χ3v) is 5.53. The zero-order valence-electron chi connectivity index (χ0n) is 15.1. The van der Waals surface area contributed by atoms with E-state index in [1.807, 2.05) is 28.8 Å². The fraction of sp³-hybridized carbons (Fsp3) is 0.444. The molecule has 0 radical (unpaired) electrons. The molecule has 0 spiro atoms. The van der Waals surface area contributed by atoms with Crippen LogP contribution in [-0.2, 0) is 4.79 Å². The maximum absolute atomic E-state index is 12.3. The molecule has 0 aliphatic carbocycles. The van der Waals surface area contributed by atoms with Gasteiger partial charge in [0.1, 0.15) is 0 Å². The second-order valence-electron chi connectivity index (χ2n) is 6.30. The number of aromatic nitrogens is 3. The molecule has 2 aromatic rings. The van der Waals surface area contributed by atoms with E-state index < -0.39 is 0 Å². The topological polar surface area (TPSA) is 78.0 Å². The van der Waals surface area contributed by atoms with Crippen molar-refractivity contribution in [3.05, 3.63) is 29.3 Å². The summed E-state index contributed by atoms with van der Waals surface area (Å²) in [6.07, 6.45) is 2.59. The summed E-state index contributed by atoms with van der Waals surface area (Å²) < 4.78 is 1.96. The molecule has 3 rings (SSSR count). The molecule has 2 heterocycles. The van der Waals surface area contributed by atoms with Gasteiger partial charge in [0.2, 0.25) is 11.9 Å². The number of halogens is 1. The maximum Gasteiger partial charge on any atom is 0.232 e. The van der Waals surface area contributed by atoms with Crippen molar-refractivity contribution in [2.45, 2.75) is 24.4 Å². The van der Waals surface area contributed by atoms with Gasteiger partial charge in [-0.25, -0.2) is 0 Å². The summed E-state index contributed by atoms with van der Waals surface area (Å²) in [6.45, 7) is 2.31. The van der Waals surface area contributed by atoms with Crippen molar-refractivity contribution in [2.24, 2.45) is 0 Å². The van der Waals surface area contributed by atoms with E-state index in [1.54, 1.807) is 11.9 Å². The molecule has 9 heteroatoms. The second kappa shape index (κ2) is 9.11. The highest BCUT2D eigenvalue weighted by atomic mass is 35.5. The number of benzene rings is 1. The zero-order chi connectivity index (χ0) is 19.2. The zero-order valence-corrected chi connectivity index (χ0v) is 16.7. The van der Waals surface area contributed by atoms with E-state index >= 15 is 0 Å². The number of hydrogen-bond acceptors (Lipinski definition) is 6. The van der Waals surface area contributed by atoms with Crippen molar-refractivity contribution in [3.63, 3.8) is 0 Å². The van der Waals surface area contributed by atoms with E-state index in [4.69, 9.17) is 16.9 Å². The number of nitrogens with zero attached hydrogens (tertiary/aromatic N) is 6. The summed E-state index contributed by atoms with van der Waals surface area (Å²) in [4.78, 5) is 16.1. The maximum atomic E-state index is 12.3. The predicted molar refractivity (Wildman–Crippen MR) is 106 cm³/mol. The van der Waals surface area contributed by atoms with Crippen molar-refractivity contribution in [2.75, 3.05) is 37.3 Å². The van der Waals surface area contributed by atoms with Crippen LogP contribution in [0.5, 0.6) is 0 Å². The highest BCUT2D eigenvalue weighted by Gasteiger charge is 2.23. The van der Waals surface area contributed by atoms with Crippen molar-refractivity contribution in [3.8, 4) is 11.8 Å². The summed E-state index contributed by atoms with van der Waals surface area (Å²) >= 11 is 7.52. The number of nitriles is 1. The molecule has 142 valence electrons. The lowest BCUT2D eigenvalue weighted by Crippen LogP contribution is -2.29. The summed E-state index contributed by atoms with van der Waals surface area (Å²) in [5, 5.41) is 18.7. The Hall–Kier alpha value is -2.24. The molecule has 0 saturated carbocycles. The van der Waals surface area contributed by atoms with Crippen molar-refractivity contribution in [1.29, 1.82) is 5.26 Å². The largest absolute Gasteiger partial charge is 0.344 e. The highest BCUT2D eigenvalue weighted by molar-refractivity contribution is 7.99. The van der Waals surface area contributed by atoms with Crippen LogP contribution < -0.4 is 4.90 Å². The van der Waals surface area contributed by atoms with Gasteiger partial charge in [-0.2, -0.15) is 5.26 Å². The minimum Gasteiger partial charge on any atom is -0.344 e. The number of hydrogen-bond donors (Lipinski definition) is 0. The molecule has 1 aliphatic heterocycles. The van der Waals surface area contributed by atoms with Gasteiger partial charge in [0.25, 0.3) is 0 Å². The Balaban J connectivity index is 1.82. The van der Waals surface area contributed by atoms with Gasteiger partial charge in [0.05, 0.1) is 23.9 Å². The van der Waals surface area contributed by atoms with Crippen LogP contribution in [0.1, 0.15) is 19.3 Å². The molecule has 1 aromatic carbocycles. The molecule has 1 aliphatic rings. The smallest absolute Gasteiger partial charge is 0.232 e. The van der Waals surface area contributed by atoms with Crippen molar-refractivity contribution in [1.82, 2.24) is 19.7 Å². The standard InChI is InChI=1S/C18H21ClN6OS/c1-23(9-5-8-20)16(26)13-27-18-22-21-17(24-10-2-3-11-24)25(18)15-7-4-6-14(19)12-15/h4,6-7,12H,2-3,5,9-11,13H2,1H3. The Kier molecular flexibility index (Phi) is 6.58. The summed E-state index contributed by atoms with van der Waals surface area (Å²) in [5.74, 6) is 0.974. The van der Waals surface area contributed by atoms with E-state index in [-0.39, 0.29) is 11.7 Å². The number of amides is 1. The van der Waals surface area contributed by atoms with Crippen LogP contribution in [0.2, 0.25) is 5.02 Å². The molecule has 1 aromatic heterocycles. The summed E-state index contributed by atoms with van der Waals surface area (Å²) in [6, 6.07) is 9.60. The fourth-order valence-corrected chi connectivity index (χ4v) is 3.97. The van der Waals surface area contributed by atoms with Crippen LogP contribution in [0.15, 0.2) is 29.4 Å². The predicted octanol–water partition coefficient (Wildman–Crippen LogP) is 2.99. The van der Waals surface area contributed by atoms with Crippen molar-refractivity contribution >= 4 is 35.2 Å². The van der Waals surface area contributed by atoms with Crippen LogP contribution in [0.25, 0.3) is 5.69 Å². The van der Waals surface area contributed by atoms with Gasteiger partial charge in [-0.05, 0) is 31.0 Å². The lowest BCUT2D eigenvalue weighted by molar-refractivity contribution is -0.127. The van der Waals surface area contributed by atoms with Crippen LogP contribution in [0, 0.1) is 11.3 Å². The van der Waals surface area contributed by atoms with Gasteiger partial charge in [0, 0.05) is 31.7 Å². The first-order chi connectivity index (χ1) is 13.1. The molecule has 0 unspecified atom stereocenters. The van der Waals surface area contributed by atoms with E-state index in [2.05, 4.69) is 21.2 Å². The van der Waals surface area contributed by atoms with Gasteiger partial charge in [-0.1, -0.05) is 29.4 Å². The molecule has 1 amide bonds. The quantitative estimate of drug-likeness (QED) is 0.660. The average molecular weight is 405 g/mol. The first-order valence-corrected chi connectivity index (χ1v) is 10.2. The highest BCUT2D eigenvalue weighted by Crippen LogP contribution is 2.29. The van der Waals surface area contributed by atoms with Gasteiger partial charge in [-0.15, -0.1) is 10.2 Å².